The molecule has 0 aliphatic heterocycles. The molecular weight excluding hydrogens is 354 g/mol. The molecule has 1 aromatic carbocycles. The molecule has 134 valence electrons. The van der Waals surface area contributed by atoms with Gasteiger partial charge in [0, 0.05) is 23.0 Å². The van der Waals surface area contributed by atoms with Crippen molar-refractivity contribution in [2.24, 2.45) is 5.92 Å². The summed E-state index contributed by atoms with van der Waals surface area (Å²) in [6.45, 7) is 4.06. The van der Waals surface area contributed by atoms with Crippen molar-refractivity contribution in [2.45, 2.75) is 58.4 Å². The highest BCUT2D eigenvalue weighted by atomic mass is 35.5. The van der Waals surface area contributed by atoms with E-state index in [9.17, 15) is 4.79 Å². The summed E-state index contributed by atoms with van der Waals surface area (Å²) in [5.74, 6) is 0.687. The van der Waals surface area contributed by atoms with Gasteiger partial charge in [0.2, 0.25) is 11.0 Å². The van der Waals surface area contributed by atoms with Crippen LogP contribution < -0.4 is 4.90 Å². The Balaban J connectivity index is 1.76. The topological polar surface area (TPSA) is 46.1 Å². The lowest BCUT2D eigenvalue weighted by Crippen LogP contribution is -2.38. The molecule has 1 amide bonds. The number of carbonyl (C=O) groups is 1. The first-order chi connectivity index (χ1) is 12.0. The number of rotatable bonds is 5. The van der Waals surface area contributed by atoms with Crippen LogP contribution in [0.15, 0.2) is 24.3 Å². The summed E-state index contributed by atoms with van der Waals surface area (Å²) in [7, 11) is 0. The van der Waals surface area contributed by atoms with Gasteiger partial charge in [-0.3, -0.25) is 9.69 Å². The lowest BCUT2D eigenvalue weighted by atomic mass is 9.86. The minimum absolute atomic E-state index is 0.0714. The number of hydrogen-bond acceptors (Lipinski definition) is 4. The third-order valence-electron chi connectivity index (χ3n) is 4.68. The summed E-state index contributed by atoms with van der Waals surface area (Å²) in [5.41, 5.74) is 0.969. The van der Waals surface area contributed by atoms with Crippen LogP contribution in [0, 0.1) is 5.92 Å². The molecule has 3 rings (SSSR count). The van der Waals surface area contributed by atoms with Crippen LogP contribution in [0.4, 0.5) is 5.13 Å². The molecule has 0 unspecified atom stereocenters. The average Bonchev–Trinajstić information content (AvgIpc) is 3.05. The van der Waals surface area contributed by atoms with Gasteiger partial charge in [-0.1, -0.05) is 54.3 Å². The molecule has 1 aliphatic carbocycles. The second-order valence-electron chi connectivity index (χ2n) is 6.96. The number of amides is 1. The molecule has 1 aliphatic rings. The van der Waals surface area contributed by atoms with Gasteiger partial charge in [-0.25, -0.2) is 0 Å². The molecule has 25 heavy (non-hydrogen) atoms. The van der Waals surface area contributed by atoms with E-state index in [1.807, 2.05) is 43.0 Å². The Labute approximate surface area is 158 Å². The summed E-state index contributed by atoms with van der Waals surface area (Å²) in [5, 5.41) is 10.8. The van der Waals surface area contributed by atoms with Gasteiger partial charge in [-0.05, 0) is 44.7 Å². The summed E-state index contributed by atoms with van der Waals surface area (Å²) < 4.78 is 0. The molecular formula is C19H24ClN3OS. The predicted octanol–water partition coefficient (Wildman–Crippen LogP) is 5.57. The van der Waals surface area contributed by atoms with E-state index < -0.39 is 0 Å². The molecule has 0 saturated heterocycles. The Kier molecular flexibility index (Phi) is 6.07. The van der Waals surface area contributed by atoms with Crippen LogP contribution in [0.3, 0.4) is 0 Å². The number of halogens is 1. The van der Waals surface area contributed by atoms with Gasteiger partial charge in [0.15, 0.2) is 0 Å². The Bertz CT molecular complexity index is 708. The van der Waals surface area contributed by atoms with Crippen LogP contribution in [0.2, 0.25) is 5.02 Å². The molecule has 0 N–H and O–H groups in total. The molecule has 0 bridgehead atoms. The van der Waals surface area contributed by atoms with Crippen molar-refractivity contribution < 1.29 is 4.79 Å². The van der Waals surface area contributed by atoms with Crippen molar-refractivity contribution in [3.8, 4) is 10.6 Å². The molecule has 6 heteroatoms. The largest absolute Gasteiger partial charge is 0.284 e. The Morgan fingerprint density at radius 3 is 2.52 bits per heavy atom. The van der Waals surface area contributed by atoms with E-state index in [-0.39, 0.29) is 11.9 Å². The maximum Gasteiger partial charge on any atom is 0.229 e. The zero-order valence-corrected chi connectivity index (χ0v) is 16.3. The van der Waals surface area contributed by atoms with Gasteiger partial charge in [0.1, 0.15) is 5.01 Å². The number of carbonyl (C=O) groups excluding carboxylic acids is 1. The van der Waals surface area contributed by atoms with Gasteiger partial charge in [-0.15, -0.1) is 10.2 Å². The maximum atomic E-state index is 12.9. The minimum Gasteiger partial charge on any atom is -0.284 e. The third kappa shape index (κ3) is 4.59. The van der Waals surface area contributed by atoms with E-state index >= 15 is 0 Å². The number of benzene rings is 1. The smallest absolute Gasteiger partial charge is 0.229 e. The summed E-state index contributed by atoms with van der Waals surface area (Å²) in [4.78, 5) is 14.7. The Morgan fingerprint density at radius 1 is 1.20 bits per heavy atom. The first-order valence-electron chi connectivity index (χ1n) is 8.96. The van der Waals surface area contributed by atoms with E-state index in [0.29, 0.717) is 22.5 Å². The van der Waals surface area contributed by atoms with Crippen LogP contribution in [0.5, 0.6) is 0 Å². The average molecular weight is 378 g/mol. The van der Waals surface area contributed by atoms with Crippen LogP contribution >= 0.6 is 22.9 Å². The molecule has 0 spiro atoms. The highest BCUT2D eigenvalue weighted by Crippen LogP contribution is 2.32. The lowest BCUT2D eigenvalue weighted by Gasteiger charge is -2.27. The van der Waals surface area contributed by atoms with Crippen LogP contribution in [-0.2, 0) is 4.79 Å². The molecule has 0 radical (unpaired) electrons. The lowest BCUT2D eigenvalue weighted by molar-refractivity contribution is -0.120. The van der Waals surface area contributed by atoms with Crippen molar-refractivity contribution in [3.63, 3.8) is 0 Å². The van der Waals surface area contributed by atoms with E-state index in [4.69, 9.17) is 11.6 Å². The van der Waals surface area contributed by atoms with Crippen molar-refractivity contribution in [1.82, 2.24) is 10.2 Å². The molecule has 1 saturated carbocycles. The van der Waals surface area contributed by atoms with Crippen molar-refractivity contribution in [3.05, 3.63) is 29.3 Å². The highest BCUT2D eigenvalue weighted by molar-refractivity contribution is 7.18. The normalized spacial score (nSPS) is 15.5. The van der Waals surface area contributed by atoms with Crippen LogP contribution in [0.1, 0.15) is 52.4 Å². The standard InChI is InChI=1S/C19H24ClN3OS/c1-13(2)23(17(24)12-14-6-4-3-5-7-14)19-22-21-18(25-19)15-8-10-16(20)11-9-15/h8-11,13-14H,3-7,12H2,1-2H3. The summed E-state index contributed by atoms with van der Waals surface area (Å²) >= 11 is 7.40. The van der Waals surface area contributed by atoms with Crippen molar-refractivity contribution >= 4 is 34.0 Å². The van der Waals surface area contributed by atoms with Gasteiger partial charge >= 0.3 is 0 Å². The summed E-state index contributed by atoms with van der Waals surface area (Å²) in [6, 6.07) is 7.60. The molecule has 2 aromatic rings. The van der Waals surface area contributed by atoms with E-state index in [1.54, 1.807) is 0 Å². The quantitative estimate of drug-likeness (QED) is 0.684. The predicted molar refractivity (Wildman–Crippen MR) is 104 cm³/mol. The first kappa shape index (κ1) is 18.3. The first-order valence-corrected chi connectivity index (χ1v) is 10.2. The second kappa shape index (κ2) is 8.28. The zero-order valence-electron chi connectivity index (χ0n) is 14.7. The zero-order chi connectivity index (χ0) is 17.8. The van der Waals surface area contributed by atoms with Crippen LogP contribution in [0.25, 0.3) is 10.6 Å². The second-order valence-corrected chi connectivity index (χ2v) is 8.35. The minimum atomic E-state index is 0.0714. The van der Waals surface area contributed by atoms with Gasteiger partial charge in [0.25, 0.3) is 0 Å². The van der Waals surface area contributed by atoms with Gasteiger partial charge in [-0.2, -0.15) is 0 Å². The fraction of sp³-hybridized carbons (Fsp3) is 0.526. The van der Waals surface area contributed by atoms with Crippen molar-refractivity contribution in [2.75, 3.05) is 4.90 Å². The van der Waals surface area contributed by atoms with Gasteiger partial charge < -0.3 is 0 Å². The molecule has 1 aromatic heterocycles. The van der Waals surface area contributed by atoms with Crippen LogP contribution in [-0.4, -0.2) is 22.1 Å². The number of aromatic nitrogens is 2. The highest BCUT2D eigenvalue weighted by Gasteiger charge is 2.26. The van der Waals surface area contributed by atoms with Gasteiger partial charge in [0.05, 0.1) is 0 Å². The number of nitrogens with zero attached hydrogens (tertiary/aromatic N) is 3. The number of anilines is 1. The molecule has 0 atom stereocenters. The number of hydrogen-bond donors (Lipinski definition) is 0. The fourth-order valence-corrected chi connectivity index (χ4v) is 4.50. The van der Waals surface area contributed by atoms with E-state index in [1.165, 1.54) is 43.4 Å². The van der Waals surface area contributed by atoms with E-state index in [0.717, 1.165) is 10.6 Å². The molecule has 1 heterocycles. The van der Waals surface area contributed by atoms with Crippen molar-refractivity contribution in [1.29, 1.82) is 0 Å². The summed E-state index contributed by atoms with van der Waals surface area (Å²) in [6.07, 6.45) is 6.76. The fourth-order valence-electron chi connectivity index (χ4n) is 3.37. The maximum absolute atomic E-state index is 12.9. The SMILES string of the molecule is CC(C)N(C(=O)CC1CCCCC1)c1nnc(-c2ccc(Cl)cc2)s1. The van der Waals surface area contributed by atoms with E-state index in [2.05, 4.69) is 10.2 Å². The Morgan fingerprint density at radius 2 is 1.88 bits per heavy atom. The Hall–Kier alpha value is -1.46. The monoisotopic (exact) mass is 377 g/mol. The molecule has 4 nitrogen and oxygen atoms in total. The molecule has 1 fully saturated rings. The third-order valence-corrected chi connectivity index (χ3v) is 5.91.